The van der Waals surface area contributed by atoms with Gasteiger partial charge in [0.25, 0.3) is 0 Å². The fourth-order valence-corrected chi connectivity index (χ4v) is 3.70. The molecule has 0 saturated heterocycles. The van der Waals surface area contributed by atoms with Gasteiger partial charge >= 0.3 is 0 Å². The highest BCUT2D eigenvalue weighted by molar-refractivity contribution is 5.77. The van der Waals surface area contributed by atoms with E-state index in [1.165, 1.54) is 11.1 Å². The topological polar surface area (TPSA) is 97.5 Å². The minimum atomic E-state index is -0.989. The second-order valence-electron chi connectivity index (χ2n) is 7.86. The van der Waals surface area contributed by atoms with E-state index in [0.717, 1.165) is 29.9 Å². The molecule has 0 amide bonds. The van der Waals surface area contributed by atoms with Crippen LogP contribution in [0.15, 0.2) is 49.1 Å². The molecule has 1 aliphatic heterocycles. The molecule has 1 aliphatic rings. The number of pyridine rings is 1. The average molecular weight is 402 g/mol. The first-order valence-corrected chi connectivity index (χ1v) is 9.86. The van der Waals surface area contributed by atoms with Crippen LogP contribution >= 0.6 is 0 Å². The van der Waals surface area contributed by atoms with Crippen LogP contribution in [0.1, 0.15) is 30.7 Å². The molecule has 152 valence electrons. The number of aliphatic hydroxyl groups is 1. The van der Waals surface area contributed by atoms with Gasteiger partial charge in [-0.1, -0.05) is 18.2 Å². The predicted octanol–water partition coefficient (Wildman–Crippen LogP) is 2.96. The molecule has 0 atom stereocenters. The molecule has 4 aromatic rings. The summed E-state index contributed by atoms with van der Waals surface area (Å²) in [5.74, 6) is 1.63. The number of fused-ring (bicyclic) bond motifs is 2. The molecular weight excluding hydrogens is 380 g/mol. The zero-order chi connectivity index (χ0) is 20.7. The Morgan fingerprint density at radius 3 is 2.87 bits per heavy atom. The summed E-state index contributed by atoms with van der Waals surface area (Å²) < 4.78 is 7.49. The van der Waals surface area contributed by atoms with Crippen LogP contribution in [0.4, 0.5) is 5.95 Å². The van der Waals surface area contributed by atoms with Gasteiger partial charge in [-0.2, -0.15) is 0 Å². The Labute approximate surface area is 173 Å². The number of ether oxygens (including phenoxy) is 1. The van der Waals surface area contributed by atoms with E-state index < -0.39 is 5.60 Å². The number of anilines is 1. The first-order chi connectivity index (χ1) is 14.5. The standard InChI is InChI=1S/C22H22N6O2/c1-22(2,29)19-7-6-15(10-23-19)17-12-25-21(28-13-26-27-20(17)28)24-11-14-4-3-5-18-16(14)8-9-30-18/h3-7,10,12-13,29H,8-9,11H2,1-2H3,(H,24,25). The van der Waals surface area contributed by atoms with Gasteiger partial charge in [-0.15, -0.1) is 10.2 Å². The van der Waals surface area contributed by atoms with E-state index in [0.29, 0.717) is 23.8 Å². The number of hydrogen-bond acceptors (Lipinski definition) is 7. The summed E-state index contributed by atoms with van der Waals surface area (Å²) in [6, 6.07) is 9.84. The molecule has 5 rings (SSSR count). The van der Waals surface area contributed by atoms with Crippen molar-refractivity contribution in [2.75, 3.05) is 11.9 Å². The van der Waals surface area contributed by atoms with E-state index in [4.69, 9.17) is 4.74 Å². The fraction of sp³-hybridized carbons (Fsp3) is 0.273. The lowest BCUT2D eigenvalue weighted by Crippen LogP contribution is -2.17. The van der Waals surface area contributed by atoms with Crippen molar-refractivity contribution in [3.8, 4) is 16.9 Å². The zero-order valence-electron chi connectivity index (χ0n) is 16.8. The van der Waals surface area contributed by atoms with Gasteiger partial charge in [0.1, 0.15) is 17.7 Å². The monoisotopic (exact) mass is 402 g/mol. The number of hydrogen-bond donors (Lipinski definition) is 2. The number of nitrogens with one attached hydrogen (secondary N) is 1. The largest absolute Gasteiger partial charge is 0.493 e. The molecule has 0 radical (unpaired) electrons. The minimum absolute atomic E-state index is 0.606. The highest BCUT2D eigenvalue weighted by Crippen LogP contribution is 2.29. The molecule has 3 aromatic heterocycles. The Kier molecular flexibility index (Phi) is 4.36. The maximum absolute atomic E-state index is 10.1. The summed E-state index contributed by atoms with van der Waals surface area (Å²) in [7, 11) is 0. The van der Waals surface area contributed by atoms with E-state index in [2.05, 4.69) is 31.5 Å². The Balaban J connectivity index is 1.44. The van der Waals surface area contributed by atoms with Gasteiger partial charge < -0.3 is 15.2 Å². The van der Waals surface area contributed by atoms with Crippen LogP contribution in [-0.2, 0) is 18.6 Å². The SMILES string of the molecule is CC(C)(O)c1ccc(-c2cnc(NCc3cccc4c3CCO4)n3cnnc23)cn1. The molecule has 0 saturated carbocycles. The second-order valence-corrected chi connectivity index (χ2v) is 7.86. The summed E-state index contributed by atoms with van der Waals surface area (Å²) in [6.07, 6.45) is 6.06. The number of benzene rings is 1. The van der Waals surface area contributed by atoms with E-state index >= 15 is 0 Å². The van der Waals surface area contributed by atoms with E-state index in [1.807, 2.05) is 28.7 Å². The van der Waals surface area contributed by atoms with Crippen molar-refractivity contribution in [2.24, 2.45) is 0 Å². The lowest BCUT2D eigenvalue weighted by molar-refractivity contribution is 0.0739. The molecule has 0 aliphatic carbocycles. The highest BCUT2D eigenvalue weighted by atomic mass is 16.5. The molecule has 2 N–H and O–H groups in total. The summed E-state index contributed by atoms with van der Waals surface area (Å²) in [5, 5.41) is 21.9. The Morgan fingerprint density at radius 1 is 1.17 bits per heavy atom. The van der Waals surface area contributed by atoms with E-state index in [-0.39, 0.29) is 0 Å². The van der Waals surface area contributed by atoms with Crippen LogP contribution in [-0.4, -0.2) is 36.3 Å². The molecule has 0 bridgehead atoms. The highest BCUT2D eigenvalue weighted by Gasteiger charge is 2.19. The maximum atomic E-state index is 10.1. The molecule has 0 spiro atoms. The first-order valence-electron chi connectivity index (χ1n) is 9.86. The Morgan fingerprint density at radius 2 is 2.07 bits per heavy atom. The van der Waals surface area contributed by atoms with Crippen molar-refractivity contribution in [3.63, 3.8) is 0 Å². The third-order valence-electron chi connectivity index (χ3n) is 5.31. The molecule has 0 fully saturated rings. The minimum Gasteiger partial charge on any atom is -0.493 e. The van der Waals surface area contributed by atoms with E-state index in [1.54, 1.807) is 32.6 Å². The van der Waals surface area contributed by atoms with Gasteiger partial charge in [0.15, 0.2) is 5.65 Å². The molecule has 4 heterocycles. The fourth-order valence-electron chi connectivity index (χ4n) is 3.70. The van der Waals surface area contributed by atoms with Crippen LogP contribution in [0.2, 0.25) is 0 Å². The van der Waals surface area contributed by atoms with Crippen LogP contribution in [0.5, 0.6) is 5.75 Å². The Hall–Kier alpha value is -3.52. The molecule has 1 aromatic carbocycles. The van der Waals surface area contributed by atoms with Crippen molar-refractivity contribution in [1.29, 1.82) is 0 Å². The number of aromatic nitrogens is 5. The second kappa shape index (κ2) is 7.07. The molecule has 30 heavy (non-hydrogen) atoms. The van der Waals surface area contributed by atoms with Crippen molar-refractivity contribution in [3.05, 3.63) is 65.9 Å². The smallest absolute Gasteiger partial charge is 0.210 e. The third kappa shape index (κ3) is 3.25. The normalized spacial score (nSPS) is 13.3. The summed E-state index contributed by atoms with van der Waals surface area (Å²) >= 11 is 0. The van der Waals surface area contributed by atoms with E-state index in [9.17, 15) is 5.11 Å². The van der Waals surface area contributed by atoms with Crippen LogP contribution in [0, 0.1) is 0 Å². The van der Waals surface area contributed by atoms with Gasteiger partial charge in [0, 0.05) is 42.0 Å². The van der Waals surface area contributed by atoms with Gasteiger partial charge in [0.05, 0.1) is 12.3 Å². The molecule has 8 nitrogen and oxygen atoms in total. The third-order valence-corrected chi connectivity index (χ3v) is 5.31. The van der Waals surface area contributed by atoms with Crippen molar-refractivity contribution >= 4 is 11.6 Å². The van der Waals surface area contributed by atoms with Gasteiger partial charge in [-0.05, 0) is 31.5 Å². The number of rotatable bonds is 5. The first kappa shape index (κ1) is 18.5. The van der Waals surface area contributed by atoms with Gasteiger partial charge in [-0.25, -0.2) is 4.98 Å². The van der Waals surface area contributed by atoms with Crippen LogP contribution < -0.4 is 10.1 Å². The lowest BCUT2D eigenvalue weighted by Gasteiger charge is -2.16. The van der Waals surface area contributed by atoms with Gasteiger partial charge in [0.2, 0.25) is 5.95 Å². The van der Waals surface area contributed by atoms with Crippen LogP contribution in [0.3, 0.4) is 0 Å². The van der Waals surface area contributed by atoms with Crippen molar-refractivity contribution in [2.45, 2.75) is 32.4 Å². The predicted molar refractivity (Wildman–Crippen MR) is 112 cm³/mol. The van der Waals surface area contributed by atoms with Crippen LogP contribution in [0.25, 0.3) is 16.8 Å². The summed E-state index contributed by atoms with van der Waals surface area (Å²) in [5.41, 5.74) is 4.43. The summed E-state index contributed by atoms with van der Waals surface area (Å²) in [6.45, 7) is 4.78. The van der Waals surface area contributed by atoms with Gasteiger partial charge in [-0.3, -0.25) is 9.38 Å². The average Bonchev–Trinajstić information content (AvgIpc) is 3.41. The quantitative estimate of drug-likeness (QED) is 0.530. The summed E-state index contributed by atoms with van der Waals surface area (Å²) in [4.78, 5) is 8.99. The lowest BCUT2D eigenvalue weighted by atomic mass is 10.0. The maximum Gasteiger partial charge on any atom is 0.210 e. The van der Waals surface area contributed by atoms with Crippen molar-refractivity contribution in [1.82, 2.24) is 24.6 Å². The molecular formula is C22H22N6O2. The molecule has 0 unspecified atom stereocenters. The zero-order valence-corrected chi connectivity index (χ0v) is 16.8. The number of nitrogens with zero attached hydrogens (tertiary/aromatic N) is 5. The van der Waals surface area contributed by atoms with Crippen molar-refractivity contribution < 1.29 is 9.84 Å². The molecule has 8 heteroatoms. The Bertz CT molecular complexity index is 1210.